The lowest BCUT2D eigenvalue weighted by Crippen LogP contribution is -2.31. The van der Waals surface area contributed by atoms with E-state index in [0.717, 1.165) is 22.7 Å². The van der Waals surface area contributed by atoms with Crippen molar-refractivity contribution < 1.29 is 0 Å². The van der Waals surface area contributed by atoms with Crippen molar-refractivity contribution in [3.63, 3.8) is 0 Å². The van der Waals surface area contributed by atoms with Crippen molar-refractivity contribution >= 4 is 44.9 Å². The topological polar surface area (TPSA) is 6.48 Å². The molecule has 7 aromatic rings. The van der Waals surface area contributed by atoms with Crippen LogP contribution in [0, 0.1) is 0 Å². The van der Waals surface area contributed by atoms with Crippen LogP contribution < -0.4 is 9.80 Å². The van der Waals surface area contributed by atoms with Crippen LogP contribution in [-0.4, -0.2) is 0 Å². The average Bonchev–Trinajstić information content (AvgIpc) is 3.10. The summed E-state index contributed by atoms with van der Waals surface area (Å²) in [6.45, 7) is 4.71. The molecule has 0 saturated carbocycles. The predicted molar refractivity (Wildman–Crippen MR) is 191 cm³/mol. The molecule has 1 heterocycles. The first-order valence-corrected chi connectivity index (χ1v) is 15.6. The molecule has 7 aromatic carbocycles. The maximum Gasteiger partial charge on any atom is 0.0781 e. The summed E-state index contributed by atoms with van der Waals surface area (Å²) in [4.78, 5) is 4.92. The maximum atomic E-state index is 2.53. The lowest BCUT2D eigenvalue weighted by atomic mass is 9.73. The monoisotopic (exact) mass is 578 g/mol. The second-order valence-corrected chi connectivity index (χ2v) is 12.2. The van der Waals surface area contributed by atoms with Gasteiger partial charge >= 0.3 is 0 Å². The van der Waals surface area contributed by atoms with E-state index in [1.807, 2.05) is 0 Å². The van der Waals surface area contributed by atoms with Crippen LogP contribution in [0.15, 0.2) is 170 Å². The van der Waals surface area contributed by atoms with E-state index in [2.05, 4.69) is 194 Å². The van der Waals surface area contributed by atoms with Gasteiger partial charge in [0.25, 0.3) is 0 Å². The van der Waals surface area contributed by atoms with Crippen molar-refractivity contribution in [2.45, 2.75) is 19.3 Å². The fourth-order valence-electron chi connectivity index (χ4n) is 7.01. The van der Waals surface area contributed by atoms with Crippen LogP contribution in [0.25, 0.3) is 21.9 Å². The van der Waals surface area contributed by atoms with Crippen LogP contribution in [0.3, 0.4) is 0 Å². The van der Waals surface area contributed by atoms with E-state index >= 15 is 0 Å². The average molecular weight is 579 g/mol. The fourth-order valence-corrected chi connectivity index (χ4v) is 7.01. The van der Waals surface area contributed by atoms with Crippen molar-refractivity contribution in [1.29, 1.82) is 0 Å². The van der Waals surface area contributed by atoms with Crippen molar-refractivity contribution in [3.05, 3.63) is 181 Å². The summed E-state index contributed by atoms with van der Waals surface area (Å²) < 4.78 is 0. The first-order valence-electron chi connectivity index (χ1n) is 15.6. The molecule has 0 N–H and O–H groups in total. The Labute approximate surface area is 265 Å². The van der Waals surface area contributed by atoms with E-state index < -0.39 is 0 Å². The SMILES string of the molecule is CC1(C)c2ccccc2N(c2c(N(c3ccccc3)c3ccccc3)ccc3ccccc23)c2cc(-c3ccccc3)ccc21. The zero-order valence-corrected chi connectivity index (χ0v) is 25.6. The molecular weight excluding hydrogens is 544 g/mol. The maximum absolute atomic E-state index is 2.53. The van der Waals surface area contributed by atoms with Gasteiger partial charge in [0.1, 0.15) is 0 Å². The van der Waals surface area contributed by atoms with Gasteiger partial charge in [-0.1, -0.05) is 141 Å². The molecule has 2 nitrogen and oxygen atoms in total. The number of rotatable bonds is 5. The third-order valence-electron chi connectivity index (χ3n) is 9.21. The first kappa shape index (κ1) is 27.0. The third-order valence-corrected chi connectivity index (χ3v) is 9.21. The van der Waals surface area contributed by atoms with Crippen LogP contribution >= 0.6 is 0 Å². The van der Waals surface area contributed by atoms with Crippen LogP contribution in [0.4, 0.5) is 34.1 Å². The van der Waals surface area contributed by atoms with Crippen molar-refractivity contribution in [2.24, 2.45) is 0 Å². The summed E-state index contributed by atoms with van der Waals surface area (Å²) >= 11 is 0. The zero-order valence-electron chi connectivity index (χ0n) is 25.6. The summed E-state index contributed by atoms with van der Waals surface area (Å²) in [5.41, 5.74) is 11.8. The number of nitrogens with zero attached hydrogens (tertiary/aromatic N) is 2. The lowest BCUT2D eigenvalue weighted by Gasteiger charge is -2.44. The summed E-state index contributed by atoms with van der Waals surface area (Å²) in [5.74, 6) is 0. The molecule has 0 aromatic heterocycles. The number of anilines is 6. The van der Waals surface area contributed by atoms with Gasteiger partial charge in [-0.15, -0.1) is 0 Å². The Hall–Kier alpha value is -5.60. The molecule has 0 spiro atoms. The molecule has 0 atom stereocenters. The lowest BCUT2D eigenvalue weighted by molar-refractivity contribution is 0.632. The molecule has 0 aliphatic carbocycles. The molecule has 1 aliphatic heterocycles. The quantitative estimate of drug-likeness (QED) is 0.200. The smallest absolute Gasteiger partial charge is 0.0781 e. The van der Waals surface area contributed by atoms with E-state index in [1.54, 1.807) is 0 Å². The number of hydrogen-bond acceptors (Lipinski definition) is 2. The van der Waals surface area contributed by atoms with Crippen LogP contribution in [0.2, 0.25) is 0 Å². The van der Waals surface area contributed by atoms with Crippen LogP contribution in [-0.2, 0) is 5.41 Å². The highest BCUT2D eigenvalue weighted by Crippen LogP contribution is 2.56. The number of hydrogen-bond donors (Lipinski definition) is 0. The molecule has 0 fully saturated rings. The van der Waals surface area contributed by atoms with Crippen molar-refractivity contribution in [3.8, 4) is 11.1 Å². The van der Waals surface area contributed by atoms with Gasteiger partial charge in [-0.05, 0) is 70.1 Å². The highest BCUT2D eigenvalue weighted by atomic mass is 15.2. The van der Waals surface area contributed by atoms with E-state index in [9.17, 15) is 0 Å². The van der Waals surface area contributed by atoms with Crippen molar-refractivity contribution in [1.82, 2.24) is 0 Å². The zero-order chi connectivity index (χ0) is 30.4. The number of benzene rings is 7. The van der Waals surface area contributed by atoms with Crippen molar-refractivity contribution in [2.75, 3.05) is 9.80 Å². The molecule has 0 bridgehead atoms. The molecule has 0 saturated heterocycles. The van der Waals surface area contributed by atoms with Gasteiger partial charge in [-0.2, -0.15) is 0 Å². The highest BCUT2D eigenvalue weighted by molar-refractivity contribution is 6.08. The van der Waals surface area contributed by atoms with E-state index in [-0.39, 0.29) is 5.41 Å². The predicted octanol–water partition coefficient (Wildman–Crippen LogP) is 12.1. The molecule has 8 rings (SSSR count). The molecule has 2 heteroatoms. The molecule has 0 unspecified atom stereocenters. The summed E-state index contributed by atoms with van der Waals surface area (Å²) in [5, 5.41) is 2.41. The number of fused-ring (bicyclic) bond motifs is 3. The Balaban J connectivity index is 1.49. The standard InChI is InChI=1S/C43H34N2/c1-43(2)37-24-14-15-25-39(37)45(41-30-33(26-28-38(41)43)31-16-6-3-7-17-31)42-36-23-13-12-18-32(36)27-29-40(42)44(34-19-8-4-9-20-34)35-21-10-5-11-22-35/h3-30H,1-2H3. The highest BCUT2D eigenvalue weighted by Gasteiger charge is 2.38. The van der Waals surface area contributed by atoms with Gasteiger partial charge in [-0.25, -0.2) is 0 Å². The Bertz CT molecular complexity index is 2090. The van der Waals surface area contributed by atoms with Gasteiger partial charge < -0.3 is 9.80 Å². The van der Waals surface area contributed by atoms with Gasteiger partial charge in [0.15, 0.2) is 0 Å². The fraction of sp³-hybridized carbons (Fsp3) is 0.0698. The summed E-state index contributed by atoms with van der Waals surface area (Å²) in [6.07, 6.45) is 0. The Morgan fingerprint density at radius 3 is 1.76 bits per heavy atom. The molecule has 0 amide bonds. The van der Waals surface area contributed by atoms with Crippen LogP contribution in [0.1, 0.15) is 25.0 Å². The van der Waals surface area contributed by atoms with E-state index in [0.29, 0.717) is 0 Å². The second-order valence-electron chi connectivity index (χ2n) is 12.2. The van der Waals surface area contributed by atoms with E-state index in [1.165, 1.54) is 44.4 Å². The largest absolute Gasteiger partial charge is 0.308 e. The Kier molecular flexibility index (Phi) is 6.50. The minimum atomic E-state index is -0.180. The summed E-state index contributed by atoms with van der Waals surface area (Å²) in [7, 11) is 0. The second kappa shape index (κ2) is 10.8. The Morgan fingerprint density at radius 1 is 0.467 bits per heavy atom. The van der Waals surface area contributed by atoms with Gasteiger partial charge in [-0.3, -0.25) is 0 Å². The number of para-hydroxylation sites is 3. The Morgan fingerprint density at radius 2 is 1.04 bits per heavy atom. The summed E-state index contributed by atoms with van der Waals surface area (Å²) in [6, 6.07) is 61.4. The molecule has 45 heavy (non-hydrogen) atoms. The minimum Gasteiger partial charge on any atom is -0.308 e. The molecule has 216 valence electrons. The minimum absolute atomic E-state index is 0.180. The van der Waals surface area contributed by atoms with Gasteiger partial charge in [0.05, 0.1) is 22.7 Å². The van der Waals surface area contributed by atoms with E-state index in [4.69, 9.17) is 0 Å². The molecule has 1 aliphatic rings. The molecular formula is C43H34N2. The first-order chi connectivity index (χ1) is 22.1. The third kappa shape index (κ3) is 4.49. The molecule has 0 radical (unpaired) electrons. The van der Waals surface area contributed by atoms with Crippen LogP contribution in [0.5, 0.6) is 0 Å². The van der Waals surface area contributed by atoms with Gasteiger partial charge in [0.2, 0.25) is 0 Å². The van der Waals surface area contributed by atoms with Gasteiger partial charge in [0, 0.05) is 22.2 Å². The normalized spacial score (nSPS) is 13.2.